The largest absolute Gasteiger partial charge is 0.490 e. The lowest BCUT2D eigenvalue weighted by atomic mass is 10.2. The molecule has 138 valence electrons. The molecule has 2 heterocycles. The lowest BCUT2D eigenvalue weighted by molar-refractivity contribution is 0.0526. The van der Waals surface area contributed by atoms with E-state index in [4.69, 9.17) is 21.1 Å². The summed E-state index contributed by atoms with van der Waals surface area (Å²) in [5.74, 6) is 0.0808. The monoisotopic (exact) mass is 384 g/mol. The summed E-state index contributed by atoms with van der Waals surface area (Å²) < 4.78 is 12.5. The molecular weight excluding hydrogens is 368 g/mol. The third-order valence-electron chi connectivity index (χ3n) is 4.43. The summed E-state index contributed by atoms with van der Waals surface area (Å²) in [6.45, 7) is 3.13. The Hall–Kier alpha value is -2.99. The van der Waals surface area contributed by atoms with Crippen LogP contribution < -0.4 is 10.1 Å². The van der Waals surface area contributed by atoms with Gasteiger partial charge in [-0.1, -0.05) is 11.6 Å². The van der Waals surface area contributed by atoms with Gasteiger partial charge < -0.3 is 19.4 Å². The molecule has 2 aromatic carbocycles. The number of amides is 1. The zero-order chi connectivity index (χ0) is 19.0. The van der Waals surface area contributed by atoms with E-state index in [1.54, 1.807) is 43.3 Å². The van der Waals surface area contributed by atoms with E-state index < -0.39 is 0 Å². The molecule has 1 N–H and O–H groups in total. The molecule has 0 fully saturated rings. The van der Waals surface area contributed by atoms with Crippen LogP contribution in [0.1, 0.15) is 27.8 Å². The smallest absolute Gasteiger partial charge is 0.338 e. The fraction of sp³-hybridized carbons (Fsp3) is 0.200. The highest BCUT2D eigenvalue weighted by atomic mass is 35.5. The minimum Gasteiger partial charge on any atom is -0.490 e. The summed E-state index contributed by atoms with van der Waals surface area (Å²) in [6.07, 6.45) is 0. The second-order valence-electron chi connectivity index (χ2n) is 6.09. The molecule has 0 atom stereocenters. The molecule has 0 saturated carbocycles. The number of benzene rings is 2. The number of nitrogens with zero attached hydrogens (tertiary/aromatic N) is 1. The Morgan fingerprint density at radius 3 is 2.74 bits per heavy atom. The van der Waals surface area contributed by atoms with Gasteiger partial charge in [0, 0.05) is 11.1 Å². The topological polar surface area (TPSA) is 69.6 Å². The molecule has 0 spiro atoms. The fourth-order valence-corrected chi connectivity index (χ4v) is 3.40. The van der Waals surface area contributed by atoms with Gasteiger partial charge in [0.05, 0.1) is 29.3 Å². The number of aromatic nitrogens is 1. The summed E-state index contributed by atoms with van der Waals surface area (Å²) in [5, 5.41) is 4.22. The highest BCUT2D eigenvalue weighted by Gasteiger charge is 2.23. The van der Waals surface area contributed by atoms with Crippen LogP contribution in [0.15, 0.2) is 42.5 Å². The number of rotatable bonds is 4. The van der Waals surface area contributed by atoms with E-state index in [1.807, 2.05) is 10.6 Å². The first-order chi connectivity index (χ1) is 13.1. The van der Waals surface area contributed by atoms with Gasteiger partial charge in [-0.05, 0) is 49.4 Å². The highest BCUT2D eigenvalue weighted by molar-refractivity contribution is 6.36. The number of hydrogen-bond acceptors (Lipinski definition) is 4. The van der Waals surface area contributed by atoms with E-state index >= 15 is 0 Å². The number of esters is 1. The van der Waals surface area contributed by atoms with Crippen LogP contribution in [0.5, 0.6) is 5.75 Å². The summed E-state index contributed by atoms with van der Waals surface area (Å²) in [6, 6.07) is 11.9. The lowest BCUT2D eigenvalue weighted by Crippen LogP contribution is -2.21. The Balaban J connectivity index is 1.62. The molecule has 1 aliphatic heterocycles. The fourth-order valence-electron chi connectivity index (χ4n) is 3.20. The molecule has 0 saturated heterocycles. The third kappa shape index (κ3) is 3.13. The van der Waals surface area contributed by atoms with Crippen molar-refractivity contribution in [3.63, 3.8) is 0 Å². The van der Waals surface area contributed by atoms with Gasteiger partial charge in [0.1, 0.15) is 18.1 Å². The first-order valence-corrected chi connectivity index (χ1v) is 8.99. The Bertz CT molecular complexity index is 1040. The number of carbonyl (C=O) groups excluding carboxylic acids is 2. The van der Waals surface area contributed by atoms with Gasteiger partial charge in [0.25, 0.3) is 5.91 Å². The van der Waals surface area contributed by atoms with E-state index in [0.29, 0.717) is 41.7 Å². The number of hydrogen-bond donors (Lipinski definition) is 1. The van der Waals surface area contributed by atoms with Crippen LogP contribution in [0.3, 0.4) is 0 Å². The molecule has 27 heavy (non-hydrogen) atoms. The van der Waals surface area contributed by atoms with Crippen LogP contribution in [0.4, 0.5) is 5.69 Å². The average Bonchev–Trinajstić information content (AvgIpc) is 3.07. The quantitative estimate of drug-likeness (QED) is 0.687. The normalized spacial score (nSPS) is 12.5. The number of halogens is 1. The molecule has 7 heteroatoms. The van der Waals surface area contributed by atoms with Gasteiger partial charge in [0.15, 0.2) is 0 Å². The first-order valence-electron chi connectivity index (χ1n) is 8.61. The lowest BCUT2D eigenvalue weighted by Gasteiger charge is -2.19. The molecule has 0 radical (unpaired) electrons. The van der Waals surface area contributed by atoms with Crippen LogP contribution in [0.25, 0.3) is 10.9 Å². The first kappa shape index (κ1) is 17.4. The minimum atomic E-state index is -0.389. The molecular formula is C20H17ClN2O4. The number of ether oxygens (including phenoxy) is 2. The Morgan fingerprint density at radius 2 is 2.00 bits per heavy atom. The van der Waals surface area contributed by atoms with Crippen molar-refractivity contribution in [1.82, 2.24) is 4.57 Å². The second kappa shape index (κ2) is 6.96. The van der Waals surface area contributed by atoms with Gasteiger partial charge in [-0.3, -0.25) is 4.79 Å². The zero-order valence-electron chi connectivity index (χ0n) is 14.6. The molecule has 1 aliphatic rings. The van der Waals surface area contributed by atoms with E-state index in [1.165, 1.54) is 0 Å². The van der Waals surface area contributed by atoms with Gasteiger partial charge >= 0.3 is 5.97 Å². The van der Waals surface area contributed by atoms with Crippen LogP contribution in [-0.4, -0.2) is 29.7 Å². The molecule has 0 bridgehead atoms. The number of nitrogens with one attached hydrogen (secondary N) is 1. The maximum Gasteiger partial charge on any atom is 0.338 e. The Labute approximate surface area is 160 Å². The molecule has 1 aromatic heterocycles. The summed E-state index contributed by atoms with van der Waals surface area (Å²) in [7, 11) is 0. The molecule has 4 rings (SSSR count). The summed E-state index contributed by atoms with van der Waals surface area (Å²) >= 11 is 6.29. The summed E-state index contributed by atoms with van der Waals surface area (Å²) in [5.41, 5.74) is 2.37. The van der Waals surface area contributed by atoms with Gasteiger partial charge in [-0.2, -0.15) is 0 Å². The molecule has 1 amide bonds. The maximum atomic E-state index is 12.8. The SMILES string of the molecule is CCOC(=O)c1ccc(NC(=O)c2cc3c(Cl)ccc4c3n2CCO4)cc1. The zero-order valence-corrected chi connectivity index (χ0v) is 15.4. The molecule has 0 aliphatic carbocycles. The van der Waals surface area contributed by atoms with E-state index in [2.05, 4.69) is 5.32 Å². The van der Waals surface area contributed by atoms with E-state index in [9.17, 15) is 9.59 Å². The standard InChI is InChI=1S/C20H17ClN2O4/c1-2-26-20(25)12-3-5-13(6-4-12)22-19(24)16-11-14-15(21)7-8-17-18(14)23(16)9-10-27-17/h3-8,11H,2,9-10H2,1H3,(H,22,24). The van der Waals surface area contributed by atoms with Gasteiger partial charge in [-0.25, -0.2) is 4.79 Å². The van der Waals surface area contributed by atoms with Crippen molar-refractivity contribution in [3.05, 3.63) is 58.7 Å². The van der Waals surface area contributed by atoms with Crippen molar-refractivity contribution in [1.29, 1.82) is 0 Å². The van der Waals surface area contributed by atoms with Crippen LogP contribution in [0, 0.1) is 0 Å². The molecule has 6 nitrogen and oxygen atoms in total. The second-order valence-corrected chi connectivity index (χ2v) is 6.50. The van der Waals surface area contributed by atoms with Crippen LogP contribution >= 0.6 is 11.6 Å². The van der Waals surface area contributed by atoms with Crippen LogP contribution in [0.2, 0.25) is 5.02 Å². The van der Waals surface area contributed by atoms with Crippen molar-refractivity contribution in [2.45, 2.75) is 13.5 Å². The van der Waals surface area contributed by atoms with Crippen molar-refractivity contribution in [3.8, 4) is 5.75 Å². The predicted octanol–water partition coefficient (Wildman–Crippen LogP) is 4.12. The number of carbonyl (C=O) groups is 2. The van der Waals surface area contributed by atoms with Crippen molar-refractivity contribution >= 4 is 40.1 Å². The average molecular weight is 385 g/mol. The van der Waals surface area contributed by atoms with Gasteiger partial charge in [-0.15, -0.1) is 0 Å². The van der Waals surface area contributed by atoms with Crippen molar-refractivity contribution in [2.24, 2.45) is 0 Å². The maximum absolute atomic E-state index is 12.8. The van der Waals surface area contributed by atoms with E-state index in [-0.39, 0.29) is 11.9 Å². The van der Waals surface area contributed by atoms with Crippen molar-refractivity contribution in [2.75, 3.05) is 18.5 Å². The number of anilines is 1. The van der Waals surface area contributed by atoms with Crippen molar-refractivity contribution < 1.29 is 19.1 Å². The molecule has 3 aromatic rings. The summed E-state index contributed by atoms with van der Waals surface area (Å²) in [4.78, 5) is 24.5. The van der Waals surface area contributed by atoms with E-state index in [0.717, 1.165) is 16.7 Å². The third-order valence-corrected chi connectivity index (χ3v) is 4.76. The Morgan fingerprint density at radius 1 is 1.22 bits per heavy atom. The minimum absolute atomic E-state index is 0.251. The predicted molar refractivity (Wildman–Crippen MR) is 103 cm³/mol. The molecule has 0 unspecified atom stereocenters. The van der Waals surface area contributed by atoms with Crippen LogP contribution in [-0.2, 0) is 11.3 Å². The van der Waals surface area contributed by atoms with Gasteiger partial charge in [0.2, 0.25) is 0 Å². The highest BCUT2D eigenvalue weighted by Crippen LogP contribution is 2.36. The Kier molecular flexibility index (Phi) is 4.49.